The highest BCUT2D eigenvalue weighted by Crippen LogP contribution is 2.56. The molecule has 7 aromatic rings. The topological polar surface area (TPSA) is 6.48 Å². The van der Waals surface area contributed by atoms with Crippen LogP contribution >= 0.6 is 11.3 Å². The molecule has 7 heteroatoms. The fourth-order valence-corrected chi connectivity index (χ4v) is 13.9. The molecule has 3 heterocycles. The molecular weight excluding hydrogens is 897 g/mol. The maximum absolute atomic E-state index is 14.3. The molecule has 2 aliphatic heterocycles. The molecule has 0 amide bonds. The first-order valence-electron chi connectivity index (χ1n) is 25.9. The first kappa shape index (κ1) is 48.0. The lowest BCUT2D eigenvalue weighted by atomic mass is 9.35. The van der Waals surface area contributed by atoms with Crippen molar-refractivity contribution in [2.75, 3.05) is 9.80 Å². The number of hydrogen-bond donors (Lipinski definition) is 0. The molecule has 6 aromatic carbocycles. The molecule has 0 fully saturated rings. The first-order valence-corrected chi connectivity index (χ1v) is 26.8. The maximum atomic E-state index is 14.3. The number of thiophene rings is 1. The average molecular weight is 967 g/mol. The van der Waals surface area contributed by atoms with Gasteiger partial charge in [0.1, 0.15) is 0 Å². The smallest absolute Gasteiger partial charge is 0.311 e. The lowest BCUT2D eigenvalue weighted by Crippen LogP contribution is -2.61. The number of aryl methyl sites for hydroxylation is 1. The third-order valence-electron chi connectivity index (χ3n) is 17.4. The predicted molar refractivity (Wildman–Crippen MR) is 299 cm³/mol. The number of fused-ring (bicyclic) bond motifs is 8. The Kier molecular flexibility index (Phi) is 10.4. The normalized spacial score (nSPS) is 18.4. The van der Waals surface area contributed by atoms with Crippen LogP contribution in [-0.2, 0) is 38.7 Å². The largest absolute Gasteiger partial charge is 0.416 e. The van der Waals surface area contributed by atoms with E-state index in [1.54, 1.807) is 12.1 Å². The van der Waals surface area contributed by atoms with Crippen LogP contribution in [0.4, 0.5) is 47.3 Å². The van der Waals surface area contributed by atoms with Crippen molar-refractivity contribution in [3.05, 3.63) is 148 Å². The Bertz CT molecular complexity index is 3330. The third-order valence-corrected chi connectivity index (χ3v) is 18.6. The van der Waals surface area contributed by atoms with Crippen molar-refractivity contribution in [1.82, 2.24) is 0 Å². The Morgan fingerprint density at radius 2 is 0.986 bits per heavy atom. The van der Waals surface area contributed by atoms with Crippen molar-refractivity contribution in [1.29, 1.82) is 0 Å². The van der Waals surface area contributed by atoms with Gasteiger partial charge in [0.2, 0.25) is 0 Å². The number of rotatable bonds is 3. The van der Waals surface area contributed by atoms with Gasteiger partial charge in [-0.25, -0.2) is 0 Å². The van der Waals surface area contributed by atoms with Crippen molar-refractivity contribution in [2.24, 2.45) is 0 Å². The summed E-state index contributed by atoms with van der Waals surface area (Å²) in [6, 6.07) is 37.1. The summed E-state index contributed by atoms with van der Waals surface area (Å²) in [6.45, 7) is 35.0. The quantitative estimate of drug-likeness (QED) is 0.163. The zero-order valence-corrected chi connectivity index (χ0v) is 45.5. The molecule has 2 aliphatic carbocycles. The SMILES string of the molecule is Cc1cc2c3c(c1)N(c1ccc(C(C)(C)C)cc1)c1c(sc4ccc(C(C)(C)C)cc14)B3c1cc3c(cc1N2c1cc2c(cc1-c1ccc(C(F)(F)F)cc1)C(C)(C)CCC2(C)C)C(C)(C)CCC3(C)C. The predicted octanol–water partition coefficient (Wildman–Crippen LogP) is 17.3. The standard InChI is InChI=1S/C64H70BF3N2S/c1-37-30-52-55-53(31-37)70(50-35-47-45(60(8,9)26-28-62(47,12)13)33-43(50)38-16-18-40(19-17-38)64(66,67)68)51-36-48-46(61(10,11)27-29-63(48,14)15)34-49(51)65(55)57-56(44-32-41(59(5,6)7)22-25-54(44)71-57)69(52)42-23-20-39(21-24-42)58(2,3)4/h16-25,30-36H,26-29H2,1-15H3. The summed E-state index contributed by atoms with van der Waals surface area (Å²) in [4.78, 5) is 5.12. The molecule has 0 atom stereocenters. The van der Waals surface area contributed by atoms with Gasteiger partial charge in [0, 0.05) is 43.2 Å². The molecule has 0 N–H and O–H groups in total. The summed E-state index contributed by atoms with van der Waals surface area (Å²) >= 11 is 1.93. The van der Waals surface area contributed by atoms with E-state index in [2.05, 4.69) is 193 Å². The Hall–Kier alpha value is -5.27. The van der Waals surface area contributed by atoms with Gasteiger partial charge in [-0.15, -0.1) is 11.3 Å². The molecule has 0 saturated carbocycles. The Morgan fingerprint density at radius 1 is 0.507 bits per heavy atom. The van der Waals surface area contributed by atoms with Gasteiger partial charge in [-0.3, -0.25) is 0 Å². The van der Waals surface area contributed by atoms with Gasteiger partial charge in [-0.05, 0) is 187 Å². The van der Waals surface area contributed by atoms with Crippen LogP contribution in [0.2, 0.25) is 0 Å². The third kappa shape index (κ3) is 7.55. The van der Waals surface area contributed by atoms with Gasteiger partial charge in [-0.1, -0.05) is 133 Å². The van der Waals surface area contributed by atoms with Crippen LogP contribution < -0.4 is 25.5 Å². The minimum Gasteiger partial charge on any atom is -0.311 e. The first-order chi connectivity index (χ1) is 33.0. The molecule has 0 spiro atoms. The van der Waals surface area contributed by atoms with Crippen LogP contribution in [0.5, 0.6) is 0 Å². The fraction of sp³-hybridized carbons (Fsp3) is 0.406. The number of nitrogens with zero attached hydrogens (tertiary/aromatic N) is 2. The minimum atomic E-state index is -4.44. The van der Waals surface area contributed by atoms with Crippen LogP contribution in [0.15, 0.2) is 103 Å². The van der Waals surface area contributed by atoms with E-state index < -0.39 is 11.7 Å². The van der Waals surface area contributed by atoms with Crippen molar-refractivity contribution in [3.63, 3.8) is 0 Å². The number of hydrogen-bond acceptors (Lipinski definition) is 3. The van der Waals surface area contributed by atoms with Crippen molar-refractivity contribution >= 4 is 78.0 Å². The molecule has 0 radical (unpaired) electrons. The highest BCUT2D eigenvalue weighted by Gasteiger charge is 2.49. The summed E-state index contributed by atoms with van der Waals surface area (Å²) in [5.74, 6) is 0. The Morgan fingerprint density at radius 3 is 1.52 bits per heavy atom. The number of anilines is 6. The zero-order chi connectivity index (χ0) is 50.9. The molecule has 1 aromatic heterocycles. The molecule has 2 nitrogen and oxygen atoms in total. The van der Waals surface area contributed by atoms with Crippen LogP contribution in [0.3, 0.4) is 0 Å². The number of alkyl halides is 3. The lowest BCUT2D eigenvalue weighted by molar-refractivity contribution is -0.137. The second-order valence-electron chi connectivity index (χ2n) is 26.4. The minimum absolute atomic E-state index is 0.00894. The highest BCUT2D eigenvalue weighted by atomic mass is 32.1. The fourth-order valence-electron chi connectivity index (χ4n) is 12.6. The van der Waals surface area contributed by atoms with E-state index in [-0.39, 0.29) is 39.2 Å². The van der Waals surface area contributed by atoms with E-state index in [9.17, 15) is 13.2 Å². The summed E-state index contributed by atoms with van der Waals surface area (Å²) < 4.78 is 45.5. The Labute approximate surface area is 425 Å². The molecule has 0 bridgehead atoms. The van der Waals surface area contributed by atoms with Gasteiger partial charge in [-0.2, -0.15) is 13.2 Å². The van der Waals surface area contributed by atoms with Crippen molar-refractivity contribution in [2.45, 2.75) is 168 Å². The van der Waals surface area contributed by atoms with E-state index in [1.807, 2.05) is 11.3 Å². The number of benzene rings is 6. The van der Waals surface area contributed by atoms with Crippen molar-refractivity contribution < 1.29 is 13.2 Å². The average Bonchev–Trinajstić information content (AvgIpc) is 3.66. The van der Waals surface area contributed by atoms with Crippen molar-refractivity contribution in [3.8, 4) is 11.1 Å². The van der Waals surface area contributed by atoms with Gasteiger partial charge >= 0.3 is 6.18 Å². The second-order valence-corrected chi connectivity index (χ2v) is 27.5. The zero-order valence-electron chi connectivity index (χ0n) is 44.7. The van der Waals surface area contributed by atoms with Gasteiger partial charge in [0.05, 0.1) is 16.9 Å². The Balaban J connectivity index is 1.29. The van der Waals surface area contributed by atoms with Crippen LogP contribution in [0.1, 0.15) is 167 Å². The van der Waals surface area contributed by atoms with E-state index in [1.165, 1.54) is 82.7 Å². The molecule has 11 rings (SSSR count). The molecule has 0 saturated heterocycles. The summed E-state index contributed by atoms with van der Waals surface area (Å²) in [6.07, 6.45) is -0.208. The molecule has 366 valence electrons. The van der Waals surface area contributed by atoms with E-state index >= 15 is 0 Å². The highest BCUT2D eigenvalue weighted by molar-refractivity contribution is 7.33. The van der Waals surface area contributed by atoms with Crippen LogP contribution in [0, 0.1) is 6.92 Å². The summed E-state index contributed by atoms with van der Waals surface area (Å²) in [5, 5.41) is 1.28. The monoisotopic (exact) mass is 967 g/mol. The van der Waals surface area contributed by atoms with Gasteiger partial charge in [0.15, 0.2) is 0 Å². The number of halogens is 3. The molecule has 4 aliphatic rings. The van der Waals surface area contributed by atoms with Gasteiger partial charge < -0.3 is 9.80 Å². The molecule has 71 heavy (non-hydrogen) atoms. The van der Waals surface area contributed by atoms with Crippen LogP contribution in [-0.4, -0.2) is 6.71 Å². The van der Waals surface area contributed by atoms with Crippen LogP contribution in [0.25, 0.3) is 21.2 Å². The van der Waals surface area contributed by atoms with Gasteiger partial charge in [0.25, 0.3) is 6.71 Å². The summed E-state index contributed by atoms with van der Waals surface area (Å²) in [5.41, 5.74) is 19.2. The van der Waals surface area contributed by atoms with E-state index in [0.29, 0.717) is 0 Å². The second kappa shape index (κ2) is 15.4. The van der Waals surface area contributed by atoms with E-state index in [4.69, 9.17) is 0 Å². The molecule has 0 unspecified atom stereocenters. The lowest BCUT2D eigenvalue weighted by Gasteiger charge is -2.48. The maximum Gasteiger partial charge on any atom is 0.416 e. The summed E-state index contributed by atoms with van der Waals surface area (Å²) in [7, 11) is 0. The molecular formula is C64H70BF3N2S. The van der Waals surface area contributed by atoms with E-state index in [0.717, 1.165) is 65.1 Å².